The zero-order chi connectivity index (χ0) is 11.0. The van der Waals surface area contributed by atoms with E-state index in [1.165, 1.54) is 0 Å². The number of hydrogen-bond donors (Lipinski definition) is 0. The van der Waals surface area contributed by atoms with Crippen LogP contribution >= 0.6 is 22.9 Å². The molecule has 2 aromatic heterocycles. The van der Waals surface area contributed by atoms with Crippen LogP contribution in [0.25, 0.3) is 21.3 Å². The van der Waals surface area contributed by atoms with Crippen molar-refractivity contribution in [2.75, 3.05) is 0 Å². The minimum absolute atomic E-state index is 0.477. The predicted octanol–water partition coefficient (Wildman–Crippen LogP) is 4.01. The molecule has 0 atom stereocenters. The van der Waals surface area contributed by atoms with Gasteiger partial charge in [-0.25, -0.2) is 0 Å². The standard InChI is InChI=1S/C12H7ClN2S/c13-12-11-9(6-7-16-11)10(14-15-12)8-4-2-1-3-5-8/h1-7H. The van der Waals surface area contributed by atoms with Gasteiger partial charge in [0.2, 0.25) is 0 Å². The van der Waals surface area contributed by atoms with Crippen molar-refractivity contribution in [3.05, 3.63) is 46.9 Å². The number of halogens is 1. The molecule has 0 amide bonds. The third-order valence-electron chi connectivity index (χ3n) is 2.39. The Hall–Kier alpha value is -1.45. The lowest BCUT2D eigenvalue weighted by Gasteiger charge is -2.01. The highest BCUT2D eigenvalue weighted by molar-refractivity contribution is 7.17. The molecule has 0 radical (unpaired) electrons. The van der Waals surface area contributed by atoms with Crippen molar-refractivity contribution < 1.29 is 0 Å². The summed E-state index contributed by atoms with van der Waals surface area (Å²) in [4.78, 5) is 0. The number of aromatic nitrogens is 2. The van der Waals surface area contributed by atoms with Crippen LogP contribution in [0.4, 0.5) is 0 Å². The molecule has 2 nitrogen and oxygen atoms in total. The average molecular weight is 247 g/mol. The van der Waals surface area contributed by atoms with Gasteiger partial charge >= 0.3 is 0 Å². The second-order valence-electron chi connectivity index (χ2n) is 3.37. The second kappa shape index (κ2) is 3.85. The molecule has 0 saturated heterocycles. The summed E-state index contributed by atoms with van der Waals surface area (Å²) in [6.45, 7) is 0. The minimum atomic E-state index is 0.477. The van der Waals surface area contributed by atoms with E-state index in [2.05, 4.69) is 10.2 Å². The Balaban J connectivity index is 2.33. The highest BCUT2D eigenvalue weighted by Crippen LogP contribution is 2.32. The maximum atomic E-state index is 5.99. The van der Waals surface area contributed by atoms with Gasteiger partial charge in [-0.05, 0) is 11.4 Å². The van der Waals surface area contributed by atoms with E-state index in [0.29, 0.717) is 5.15 Å². The molecule has 78 valence electrons. The SMILES string of the molecule is Clc1nnc(-c2ccccc2)c2ccsc12. The van der Waals surface area contributed by atoms with Crippen LogP contribution in [0.5, 0.6) is 0 Å². The van der Waals surface area contributed by atoms with Crippen molar-refractivity contribution in [1.29, 1.82) is 0 Å². The summed E-state index contributed by atoms with van der Waals surface area (Å²) in [6, 6.07) is 12.0. The van der Waals surface area contributed by atoms with Crippen molar-refractivity contribution in [1.82, 2.24) is 10.2 Å². The van der Waals surface area contributed by atoms with Crippen LogP contribution in [0, 0.1) is 0 Å². The average Bonchev–Trinajstić information content (AvgIpc) is 2.81. The van der Waals surface area contributed by atoms with Gasteiger partial charge in [0, 0.05) is 10.9 Å². The van der Waals surface area contributed by atoms with Crippen molar-refractivity contribution in [3.8, 4) is 11.3 Å². The lowest BCUT2D eigenvalue weighted by atomic mass is 10.1. The van der Waals surface area contributed by atoms with E-state index in [1.54, 1.807) is 11.3 Å². The van der Waals surface area contributed by atoms with Crippen LogP contribution in [0.2, 0.25) is 5.15 Å². The summed E-state index contributed by atoms with van der Waals surface area (Å²) in [6.07, 6.45) is 0. The van der Waals surface area contributed by atoms with Crippen molar-refractivity contribution >= 4 is 33.0 Å². The van der Waals surface area contributed by atoms with Gasteiger partial charge in [-0.2, -0.15) is 0 Å². The minimum Gasteiger partial charge on any atom is -0.148 e. The summed E-state index contributed by atoms with van der Waals surface area (Å²) in [7, 11) is 0. The molecule has 0 spiro atoms. The van der Waals surface area contributed by atoms with E-state index in [0.717, 1.165) is 21.3 Å². The lowest BCUT2D eigenvalue weighted by molar-refractivity contribution is 1.06. The van der Waals surface area contributed by atoms with Gasteiger partial charge in [-0.3, -0.25) is 0 Å². The summed E-state index contributed by atoms with van der Waals surface area (Å²) in [5.41, 5.74) is 1.95. The molecule has 0 bridgehead atoms. The Morgan fingerprint density at radius 3 is 2.62 bits per heavy atom. The second-order valence-corrected chi connectivity index (χ2v) is 4.64. The van der Waals surface area contributed by atoms with E-state index < -0.39 is 0 Å². The number of fused-ring (bicyclic) bond motifs is 1. The highest BCUT2D eigenvalue weighted by Gasteiger charge is 2.10. The molecule has 0 aliphatic rings. The fourth-order valence-electron chi connectivity index (χ4n) is 1.66. The van der Waals surface area contributed by atoms with E-state index in [4.69, 9.17) is 11.6 Å². The van der Waals surface area contributed by atoms with Crippen LogP contribution in [0.15, 0.2) is 41.8 Å². The molecular formula is C12H7ClN2S. The van der Waals surface area contributed by atoms with Gasteiger partial charge in [0.15, 0.2) is 5.15 Å². The topological polar surface area (TPSA) is 25.8 Å². The quantitative estimate of drug-likeness (QED) is 0.648. The summed E-state index contributed by atoms with van der Waals surface area (Å²) < 4.78 is 0.996. The molecule has 3 aromatic rings. The Kier molecular flexibility index (Phi) is 2.35. The van der Waals surface area contributed by atoms with Crippen LogP contribution in [-0.4, -0.2) is 10.2 Å². The summed E-state index contributed by atoms with van der Waals surface area (Å²) >= 11 is 7.58. The highest BCUT2D eigenvalue weighted by atomic mass is 35.5. The first-order chi connectivity index (χ1) is 7.86. The predicted molar refractivity (Wildman–Crippen MR) is 67.9 cm³/mol. The number of nitrogens with zero attached hydrogens (tertiary/aromatic N) is 2. The van der Waals surface area contributed by atoms with Crippen LogP contribution in [0.3, 0.4) is 0 Å². The van der Waals surface area contributed by atoms with Gasteiger partial charge in [0.25, 0.3) is 0 Å². The fourth-order valence-corrected chi connectivity index (χ4v) is 2.70. The molecule has 0 saturated carbocycles. The summed E-state index contributed by atoms with van der Waals surface area (Å²) in [5.74, 6) is 0. The molecule has 1 aromatic carbocycles. The zero-order valence-corrected chi connectivity index (χ0v) is 9.79. The monoisotopic (exact) mass is 246 g/mol. The van der Waals surface area contributed by atoms with Gasteiger partial charge in [0.05, 0.1) is 4.70 Å². The lowest BCUT2D eigenvalue weighted by Crippen LogP contribution is -1.88. The first-order valence-corrected chi connectivity index (χ1v) is 6.07. The molecule has 0 aliphatic carbocycles. The van der Waals surface area contributed by atoms with E-state index in [9.17, 15) is 0 Å². The Bertz CT molecular complexity index is 634. The number of hydrogen-bond acceptors (Lipinski definition) is 3. The smallest absolute Gasteiger partial charge is 0.148 e. The third-order valence-corrected chi connectivity index (χ3v) is 3.69. The molecule has 4 heteroatoms. The Morgan fingerprint density at radius 1 is 1.00 bits per heavy atom. The molecule has 3 rings (SSSR count). The third kappa shape index (κ3) is 1.49. The van der Waals surface area contributed by atoms with E-state index >= 15 is 0 Å². The summed E-state index contributed by atoms with van der Waals surface area (Å²) in [5, 5.41) is 11.7. The fraction of sp³-hybridized carbons (Fsp3) is 0. The Morgan fingerprint density at radius 2 is 1.81 bits per heavy atom. The molecular weight excluding hydrogens is 240 g/mol. The van der Waals surface area contributed by atoms with Crippen molar-refractivity contribution in [3.63, 3.8) is 0 Å². The van der Waals surface area contributed by atoms with Crippen molar-refractivity contribution in [2.45, 2.75) is 0 Å². The maximum Gasteiger partial charge on any atom is 0.169 e. The molecule has 2 heterocycles. The van der Waals surface area contributed by atoms with E-state index in [1.807, 2.05) is 41.8 Å². The van der Waals surface area contributed by atoms with Gasteiger partial charge < -0.3 is 0 Å². The first kappa shape index (κ1) is 9.75. The zero-order valence-electron chi connectivity index (χ0n) is 8.22. The van der Waals surface area contributed by atoms with Crippen molar-refractivity contribution in [2.24, 2.45) is 0 Å². The Labute approximate surface area is 102 Å². The van der Waals surface area contributed by atoms with Gasteiger partial charge in [-0.1, -0.05) is 41.9 Å². The first-order valence-electron chi connectivity index (χ1n) is 4.81. The molecule has 0 unspecified atom stereocenters. The van der Waals surface area contributed by atoms with Crippen LogP contribution < -0.4 is 0 Å². The number of thiophene rings is 1. The van der Waals surface area contributed by atoms with Crippen LogP contribution in [0.1, 0.15) is 0 Å². The molecule has 0 N–H and O–H groups in total. The molecule has 16 heavy (non-hydrogen) atoms. The van der Waals surface area contributed by atoms with Crippen LogP contribution in [-0.2, 0) is 0 Å². The van der Waals surface area contributed by atoms with Gasteiger partial charge in [-0.15, -0.1) is 21.5 Å². The largest absolute Gasteiger partial charge is 0.169 e. The normalized spacial score (nSPS) is 10.8. The molecule has 0 aliphatic heterocycles. The number of benzene rings is 1. The molecule has 0 fully saturated rings. The maximum absolute atomic E-state index is 5.99. The van der Waals surface area contributed by atoms with Gasteiger partial charge in [0.1, 0.15) is 5.69 Å². The van der Waals surface area contributed by atoms with E-state index in [-0.39, 0.29) is 0 Å². The number of rotatable bonds is 1.